The summed E-state index contributed by atoms with van der Waals surface area (Å²) in [5, 5.41) is 45.8. The lowest BCUT2D eigenvalue weighted by Crippen LogP contribution is -2.45. The van der Waals surface area contributed by atoms with Crippen LogP contribution in [0, 0.1) is 11.6 Å². The predicted octanol–water partition coefficient (Wildman–Crippen LogP) is 0.568. The van der Waals surface area contributed by atoms with Crippen molar-refractivity contribution in [3.05, 3.63) is 41.7 Å². The SMILES string of the molecule is COc1nc(N)nc2c1ncn2[C@@H]1O[C@H](COP(=O)(N[C@@H](C)C(=O)O)N[C@@H](CCc2ccc(F)cc2F)C(=O)O)[C@@H](O)[C@@]1(C)O. The summed E-state index contributed by atoms with van der Waals surface area (Å²) in [4.78, 5) is 35.8. The van der Waals surface area contributed by atoms with Crippen LogP contribution >= 0.6 is 7.67 Å². The molecule has 2 aromatic heterocycles. The number of hydrogen-bond acceptors (Lipinski definition) is 12. The molecule has 1 aromatic carbocycles. The number of imidazole rings is 1. The molecule has 0 bridgehead atoms. The van der Waals surface area contributed by atoms with E-state index in [1.807, 2.05) is 0 Å². The van der Waals surface area contributed by atoms with E-state index in [-0.39, 0.29) is 41.4 Å². The molecule has 1 fully saturated rings. The van der Waals surface area contributed by atoms with Crippen LogP contribution < -0.4 is 20.6 Å². The second-order valence-corrected chi connectivity index (χ2v) is 12.3. The third-order valence-electron chi connectivity index (χ3n) is 7.10. The Kier molecular flexibility index (Phi) is 10.0. The van der Waals surface area contributed by atoms with Gasteiger partial charge in [0, 0.05) is 6.07 Å². The van der Waals surface area contributed by atoms with Crippen molar-refractivity contribution in [2.75, 3.05) is 19.5 Å². The second kappa shape index (κ2) is 13.3. The number of carboxylic acids is 2. The van der Waals surface area contributed by atoms with Gasteiger partial charge in [-0.25, -0.2) is 23.9 Å². The fourth-order valence-electron chi connectivity index (χ4n) is 4.67. The number of carbonyl (C=O) groups is 2. The number of ether oxygens (including phenoxy) is 2. The van der Waals surface area contributed by atoms with Crippen molar-refractivity contribution in [2.24, 2.45) is 0 Å². The third kappa shape index (κ3) is 7.36. The minimum Gasteiger partial charge on any atom is -0.480 e. The predicted molar refractivity (Wildman–Crippen MR) is 150 cm³/mol. The molecule has 0 saturated carbocycles. The number of rotatable bonds is 14. The van der Waals surface area contributed by atoms with Crippen LogP contribution in [0.5, 0.6) is 5.88 Å². The van der Waals surface area contributed by atoms with Crippen molar-refractivity contribution in [3.8, 4) is 5.88 Å². The van der Waals surface area contributed by atoms with Gasteiger partial charge in [0.05, 0.1) is 20.0 Å². The van der Waals surface area contributed by atoms with Gasteiger partial charge in [0.25, 0.3) is 0 Å². The molecule has 3 heterocycles. The molecular weight excluding hydrogens is 627 g/mol. The zero-order valence-electron chi connectivity index (χ0n) is 24.1. The van der Waals surface area contributed by atoms with E-state index in [0.717, 1.165) is 19.1 Å². The van der Waals surface area contributed by atoms with Gasteiger partial charge in [-0.2, -0.15) is 9.97 Å². The standard InChI is InChI=1S/C25H32F2N7O10P/c1-11(21(36)37)32-45(41,33-15(22(38)39)7-5-12-4-6-13(26)8-14(12)27)43-9-16-18(35)25(2,40)23(44-16)34-10-29-17-19(34)30-24(28)31-20(17)42-3/h4,6,8,10-11,15-16,18,23,35,40H,5,7,9H2,1-3H3,(H,36,37)(H,38,39)(H2,28,30,31)(H2,32,33,41)/t11-,15-,16+,18+,23+,25+,45?/m0/s1. The summed E-state index contributed by atoms with van der Waals surface area (Å²) >= 11 is 0. The number of methoxy groups -OCH3 is 1. The average molecular weight is 660 g/mol. The lowest BCUT2D eigenvalue weighted by atomic mass is 9.96. The van der Waals surface area contributed by atoms with Crippen molar-refractivity contribution in [1.29, 1.82) is 0 Å². The molecule has 45 heavy (non-hydrogen) atoms. The number of fused-ring (bicyclic) bond motifs is 1. The molecular formula is C25H32F2N7O10P. The zero-order chi connectivity index (χ0) is 33.3. The molecule has 1 aliphatic rings. The van der Waals surface area contributed by atoms with Crippen LogP contribution in [0.4, 0.5) is 14.7 Å². The van der Waals surface area contributed by atoms with E-state index in [4.69, 9.17) is 19.7 Å². The molecule has 0 radical (unpaired) electrons. The summed E-state index contributed by atoms with van der Waals surface area (Å²) in [5.74, 6) is -4.87. The summed E-state index contributed by atoms with van der Waals surface area (Å²) in [7, 11) is -3.26. The topological polar surface area (TPSA) is 253 Å². The number of aliphatic hydroxyl groups excluding tert-OH is 1. The highest BCUT2D eigenvalue weighted by molar-refractivity contribution is 7.54. The Morgan fingerprint density at radius 1 is 1.24 bits per heavy atom. The maximum Gasteiger partial charge on any atom is 0.342 e. The van der Waals surface area contributed by atoms with Crippen LogP contribution in [0.2, 0.25) is 0 Å². The number of halogens is 2. The normalized spacial score (nSPS) is 24.3. The number of anilines is 1. The lowest BCUT2D eigenvalue weighted by molar-refractivity contribution is -0.139. The number of nitrogens with zero attached hydrogens (tertiary/aromatic N) is 4. The van der Waals surface area contributed by atoms with E-state index in [9.17, 15) is 43.4 Å². The van der Waals surface area contributed by atoms with Crippen molar-refractivity contribution < 1.29 is 57.4 Å². The van der Waals surface area contributed by atoms with Gasteiger partial charge in [0.1, 0.15) is 41.5 Å². The van der Waals surface area contributed by atoms with Gasteiger partial charge in [-0.05, 0) is 38.3 Å². The number of hydrogen-bond donors (Lipinski definition) is 7. The highest BCUT2D eigenvalue weighted by atomic mass is 31.2. The minimum absolute atomic E-state index is 0.0144. The van der Waals surface area contributed by atoms with Crippen molar-refractivity contribution >= 4 is 36.7 Å². The third-order valence-corrected chi connectivity index (χ3v) is 8.99. The Morgan fingerprint density at radius 3 is 2.58 bits per heavy atom. The van der Waals surface area contributed by atoms with Crippen LogP contribution in [0.25, 0.3) is 11.2 Å². The van der Waals surface area contributed by atoms with Gasteiger partial charge in [0.2, 0.25) is 11.8 Å². The van der Waals surface area contributed by atoms with Crippen LogP contribution in [0.3, 0.4) is 0 Å². The lowest BCUT2D eigenvalue weighted by Gasteiger charge is -2.28. The van der Waals surface area contributed by atoms with E-state index in [1.54, 1.807) is 0 Å². The van der Waals surface area contributed by atoms with Crippen molar-refractivity contribution in [2.45, 2.75) is 62.8 Å². The molecule has 4 rings (SSSR count). The highest BCUT2D eigenvalue weighted by Crippen LogP contribution is 2.44. The van der Waals surface area contributed by atoms with Crippen molar-refractivity contribution in [3.63, 3.8) is 0 Å². The van der Waals surface area contributed by atoms with Crippen LogP contribution in [-0.2, 0) is 29.8 Å². The second-order valence-electron chi connectivity index (χ2n) is 10.4. The van der Waals surface area contributed by atoms with E-state index < -0.39 is 74.0 Å². The number of carboxylic acid groups (broad SMARTS) is 2. The minimum atomic E-state index is -4.60. The molecule has 8 N–H and O–H groups in total. The molecule has 246 valence electrons. The Morgan fingerprint density at radius 2 is 1.96 bits per heavy atom. The average Bonchev–Trinajstić information content (AvgIpc) is 3.47. The fourth-order valence-corrected chi connectivity index (χ4v) is 6.52. The number of nitrogens with one attached hydrogen (secondary N) is 2. The number of aryl methyl sites for hydroxylation is 1. The number of nitrogens with two attached hydrogens (primary N) is 1. The first-order chi connectivity index (χ1) is 21.1. The number of nitrogen functional groups attached to an aromatic ring is 1. The molecule has 3 aromatic rings. The number of benzene rings is 1. The van der Waals surface area contributed by atoms with E-state index >= 15 is 0 Å². The molecule has 0 aliphatic carbocycles. The van der Waals surface area contributed by atoms with Gasteiger partial charge < -0.3 is 40.2 Å². The summed E-state index contributed by atoms with van der Waals surface area (Å²) in [6, 6.07) is -0.438. The first-order valence-corrected chi connectivity index (χ1v) is 15.0. The number of aliphatic carboxylic acids is 2. The number of aromatic nitrogens is 4. The van der Waals surface area contributed by atoms with Crippen molar-refractivity contribution in [1.82, 2.24) is 29.7 Å². The Bertz CT molecular complexity index is 1630. The quantitative estimate of drug-likeness (QED) is 0.117. The van der Waals surface area contributed by atoms with E-state index in [2.05, 4.69) is 25.1 Å². The van der Waals surface area contributed by atoms with Gasteiger partial charge in [0.15, 0.2) is 17.4 Å². The van der Waals surface area contributed by atoms with Crippen LogP contribution in [-0.4, -0.2) is 95.5 Å². The summed E-state index contributed by atoms with van der Waals surface area (Å²) in [6.07, 6.45) is -3.81. The molecule has 7 atom stereocenters. The number of aliphatic hydroxyl groups is 2. The van der Waals surface area contributed by atoms with Gasteiger partial charge in [-0.1, -0.05) is 6.07 Å². The van der Waals surface area contributed by atoms with Gasteiger partial charge in [-0.15, -0.1) is 0 Å². The first-order valence-electron chi connectivity index (χ1n) is 13.4. The molecule has 0 amide bonds. The highest BCUT2D eigenvalue weighted by Gasteiger charge is 2.54. The fraction of sp³-hybridized carbons (Fsp3) is 0.480. The van der Waals surface area contributed by atoms with Crippen LogP contribution in [0.15, 0.2) is 24.5 Å². The van der Waals surface area contributed by atoms with Crippen LogP contribution in [0.1, 0.15) is 32.1 Å². The molecule has 20 heteroatoms. The summed E-state index contributed by atoms with van der Waals surface area (Å²) in [5.41, 5.74) is 3.97. The monoisotopic (exact) mass is 659 g/mol. The summed E-state index contributed by atoms with van der Waals surface area (Å²) < 4.78 is 59.0. The zero-order valence-corrected chi connectivity index (χ0v) is 25.0. The molecule has 17 nitrogen and oxygen atoms in total. The Labute approximate surface area is 253 Å². The van der Waals surface area contributed by atoms with E-state index in [0.29, 0.717) is 6.07 Å². The molecule has 1 unspecified atom stereocenters. The summed E-state index contributed by atoms with van der Waals surface area (Å²) in [6.45, 7) is 1.62. The maximum absolute atomic E-state index is 14.1. The molecule has 1 aliphatic heterocycles. The smallest absolute Gasteiger partial charge is 0.342 e. The molecule has 1 saturated heterocycles. The van der Waals surface area contributed by atoms with Gasteiger partial charge >= 0.3 is 19.6 Å². The van der Waals surface area contributed by atoms with Gasteiger partial charge in [-0.3, -0.25) is 18.7 Å². The molecule has 0 spiro atoms. The largest absolute Gasteiger partial charge is 0.480 e. The van der Waals surface area contributed by atoms with E-state index in [1.165, 1.54) is 24.9 Å². The first kappa shape index (κ1) is 34.0. The Balaban J connectivity index is 1.55. The Hall–Kier alpha value is -3.84. The maximum atomic E-state index is 14.1.